The number of hydrogen-bond acceptors (Lipinski definition) is 2. The van der Waals surface area contributed by atoms with Crippen molar-refractivity contribution in [3.05, 3.63) is 41.5 Å². The molecule has 0 heterocycles. The van der Waals surface area contributed by atoms with Gasteiger partial charge in [-0.05, 0) is 56.0 Å². The van der Waals surface area contributed by atoms with Gasteiger partial charge in [-0.2, -0.15) is 0 Å². The van der Waals surface area contributed by atoms with Crippen LogP contribution < -0.4 is 10.1 Å². The normalized spacial score (nSPS) is 18.6. The Morgan fingerprint density at radius 2 is 2.35 bits per heavy atom. The van der Waals surface area contributed by atoms with Crippen LogP contribution in [0.4, 0.5) is 0 Å². The highest BCUT2D eigenvalue weighted by Gasteiger charge is 2.21. The van der Waals surface area contributed by atoms with Crippen LogP contribution in [-0.2, 0) is 6.42 Å². The molecule has 1 atom stereocenters. The highest BCUT2D eigenvalue weighted by Crippen LogP contribution is 2.35. The van der Waals surface area contributed by atoms with E-state index in [1.807, 2.05) is 14.0 Å². The van der Waals surface area contributed by atoms with Gasteiger partial charge in [-0.25, -0.2) is 0 Å². The Kier molecular flexibility index (Phi) is 3.85. The molecular weight excluding hydrogens is 210 g/mol. The molecule has 0 aliphatic heterocycles. The largest absolute Gasteiger partial charge is 0.489 e. The average molecular weight is 231 g/mol. The fourth-order valence-electron chi connectivity index (χ4n) is 2.45. The molecule has 0 saturated heterocycles. The Labute approximate surface area is 104 Å². The number of fused-ring (bicyclic) bond motifs is 1. The minimum atomic E-state index is 0.479. The second-order valence-corrected chi connectivity index (χ2v) is 4.80. The van der Waals surface area contributed by atoms with Crippen molar-refractivity contribution in [3.63, 3.8) is 0 Å². The molecule has 2 rings (SSSR count). The molecule has 1 aromatic rings. The van der Waals surface area contributed by atoms with Gasteiger partial charge in [-0.1, -0.05) is 18.7 Å². The van der Waals surface area contributed by atoms with E-state index in [0.29, 0.717) is 12.6 Å². The van der Waals surface area contributed by atoms with Gasteiger partial charge < -0.3 is 10.1 Å². The molecule has 0 saturated carbocycles. The van der Waals surface area contributed by atoms with Crippen LogP contribution in [0.2, 0.25) is 0 Å². The molecule has 0 bridgehead atoms. The molecule has 0 radical (unpaired) electrons. The first-order valence-corrected chi connectivity index (χ1v) is 6.28. The average Bonchev–Trinajstić information content (AvgIpc) is 2.35. The third-order valence-electron chi connectivity index (χ3n) is 3.29. The lowest BCUT2D eigenvalue weighted by molar-refractivity contribution is 0.344. The first kappa shape index (κ1) is 12.2. The van der Waals surface area contributed by atoms with Crippen LogP contribution >= 0.6 is 0 Å². The summed E-state index contributed by atoms with van der Waals surface area (Å²) >= 11 is 0. The fourth-order valence-corrected chi connectivity index (χ4v) is 2.45. The number of hydrogen-bond donors (Lipinski definition) is 1. The van der Waals surface area contributed by atoms with Gasteiger partial charge in [-0.3, -0.25) is 0 Å². The van der Waals surface area contributed by atoms with Crippen molar-refractivity contribution in [2.45, 2.75) is 32.2 Å². The standard InChI is InChI=1S/C15H21NO/c1-11(2)10-17-15-9-5-6-12-13(15)7-4-8-14(12)16-3/h5-6,9,14,16H,1,4,7-8,10H2,2-3H3. The Hall–Kier alpha value is -1.28. The van der Waals surface area contributed by atoms with E-state index in [1.165, 1.54) is 24.0 Å². The van der Waals surface area contributed by atoms with Crippen molar-refractivity contribution >= 4 is 0 Å². The lowest BCUT2D eigenvalue weighted by atomic mass is 9.87. The van der Waals surface area contributed by atoms with Crippen molar-refractivity contribution in [2.24, 2.45) is 0 Å². The van der Waals surface area contributed by atoms with Gasteiger partial charge in [0.25, 0.3) is 0 Å². The predicted octanol–water partition coefficient (Wildman–Crippen LogP) is 3.24. The topological polar surface area (TPSA) is 21.3 Å². The molecule has 1 aliphatic rings. The number of rotatable bonds is 4. The quantitative estimate of drug-likeness (QED) is 0.803. The summed E-state index contributed by atoms with van der Waals surface area (Å²) in [5.74, 6) is 1.03. The van der Waals surface area contributed by atoms with E-state index in [2.05, 4.69) is 30.1 Å². The van der Waals surface area contributed by atoms with Gasteiger partial charge in [0.05, 0.1) is 0 Å². The molecule has 0 aromatic heterocycles. The maximum Gasteiger partial charge on any atom is 0.123 e. The number of nitrogens with one attached hydrogen (secondary N) is 1. The Balaban J connectivity index is 2.26. The molecule has 0 amide bonds. The smallest absolute Gasteiger partial charge is 0.123 e. The minimum Gasteiger partial charge on any atom is -0.489 e. The van der Waals surface area contributed by atoms with E-state index in [4.69, 9.17) is 4.74 Å². The highest BCUT2D eigenvalue weighted by atomic mass is 16.5. The van der Waals surface area contributed by atoms with Crippen LogP contribution in [0.15, 0.2) is 30.4 Å². The van der Waals surface area contributed by atoms with Crippen LogP contribution in [-0.4, -0.2) is 13.7 Å². The second kappa shape index (κ2) is 5.37. The zero-order valence-corrected chi connectivity index (χ0v) is 10.8. The monoisotopic (exact) mass is 231 g/mol. The molecule has 1 unspecified atom stereocenters. The first-order chi connectivity index (χ1) is 8.22. The van der Waals surface area contributed by atoms with E-state index >= 15 is 0 Å². The van der Waals surface area contributed by atoms with E-state index in [-0.39, 0.29) is 0 Å². The molecule has 2 nitrogen and oxygen atoms in total. The van der Waals surface area contributed by atoms with Gasteiger partial charge in [0.1, 0.15) is 12.4 Å². The number of benzene rings is 1. The Bertz CT molecular complexity index is 411. The van der Waals surface area contributed by atoms with Crippen LogP contribution in [0, 0.1) is 0 Å². The highest BCUT2D eigenvalue weighted by molar-refractivity contribution is 5.43. The zero-order valence-electron chi connectivity index (χ0n) is 10.8. The van der Waals surface area contributed by atoms with E-state index < -0.39 is 0 Å². The molecule has 0 fully saturated rings. The lowest BCUT2D eigenvalue weighted by Gasteiger charge is -2.26. The van der Waals surface area contributed by atoms with Gasteiger partial charge in [0.15, 0.2) is 0 Å². The van der Waals surface area contributed by atoms with Crippen LogP contribution in [0.1, 0.15) is 36.9 Å². The second-order valence-electron chi connectivity index (χ2n) is 4.80. The third-order valence-corrected chi connectivity index (χ3v) is 3.29. The lowest BCUT2D eigenvalue weighted by Crippen LogP contribution is -2.22. The Morgan fingerprint density at radius 3 is 3.06 bits per heavy atom. The van der Waals surface area contributed by atoms with Crippen molar-refractivity contribution < 1.29 is 4.74 Å². The van der Waals surface area contributed by atoms with Crippen molar-refractivity contribution in [1.82, 2.24) is 5.32 Å². The summed E-state index contributed by atoms with van der Waals surface area (Å²) in [7, 11) is 2.03. The van der Waals surface area contributed by atoms with Gasteiger partial charge in [0, 0.05) is 6.04 Å². The van der Waals surface area contributed by atoms with E-state index in [9.17, 15) is 0 Å². The maximum absolute atomic E-state index is 5.83. The van der Waals surface area contributed by atoms with E-state index in [1.54, 1.807) is 0 Å². The molecule has 17 heavy (non-hydrogen) atoms. The molecule has 0 spiro atoms. The summed E-state index contributed by atoms with van der Waals surface area (Å²) in [5, 5.41) is 3.38. The van der Waals surface area contributed by atoms with Crippen molar-refractivity contribution in [1.29, 1.82) is 0 Å². The summed E-state index contributed by atoms with van der Waals surface area (Å²) in [6.45, 7) is 6.48. The summed E-state index contributed by atoms with van der Waals surface area (Å²) in [4.78, 5) is 0. The molecule has 1 N–H and O–H groups in total. The van der Waals surface area contributed by atoms with Crippen LogP contribution in [0.3, 0.4) is 0 Å². The molecule has 2 heteroatoms. The van der Waals surface area contributed by atoms with Crippen LogP contribution in [0.25, 0.3) is 0 Å². The molecule has 1 aromatic carbocycles. The SMILES string of the molecule is C=C(C)COc1cccc2c1CCCC2NC. The summed E-state index contributed by atoms with van der Waals surface area (Å²) in [6.07, 6.45) is 3.57. The maximum atomic E-state index is 5.83. The van der Waals surface area contributed by atoms with Crippen molar-refractivity contribution in [3.8, 4) is 5.75 Å². The van der Waals surface area contributed by atoms with Gasteiger partial charge in [-0.15, -0.1) is 0 Å². The predicted molar refractivity (Wildman–Crippen MR) is 71.5 cm³/mol. The van der Waals surface area contributed by atoms with Crippen molar-refractivity contribution in [2.75, 3.05) is 13.7 Å². The summed E-state index contributed by atoms with van der Waals surface area (Å²) in [6, 6.07) is 6.85. The third kappa shape index (κ3) is 2.70. The first-order valence-electron chi connectivity index (χ1n) is 6.28. The van der Waals surface area contributed by atoms with Gasteiger partial charge in [0.2, 0.25) is 0 Å². The van der Waals surface area contributed by atoms with E-state index in [0.717, 1.165) is 17.7 Å². The molecule has 92 valence electrons. The molecule has 1 aliphatic carbocycles. The molecular formula is C15H21NO. The summed E-state index contributed by atoms with van der Waals surface area (Å²) < 4.78 is 5.83. The zero-order chi connectivity index (χ0) is 12.3. The summed E-state index contributed by atoms with van der Waals surface area (Å²) in [5.41, 5.74) is 3.83. The fraction of sp³-hybridized carbons (Fsp3) is 0.467. The Morgan fingerprint density at radius 1 is 1.53 bits per heavy atom. The minimum absolute atomic E-state index is 0.479. The van der Waals surface area contributed by atoms with Gasteiger partial charge >= 0.3 is 0 Å². The van der Waals surface area contributed by atoms with Crippen LogP contribution in [0.5, 0.6) is 5.75 Å². The number of ether oxygens (including phenoxy) is 1.